The molecule has 0 spiro atoms. The normalized spacial score (nSPS) is 10.2. The minimum Gasteiger partial charge on any atom is -0.493 e. The molecule has 6 nitrogen and oxygen atoms in total. The quantitative estimate of drug-likeness (QED) is 0.413. The summed E-state index contributed by atoms with van der Waals surface area (Å²) in [4.78, 5) is 23.6. The van der Waals surface area contributed by atoms with Crippen molar-refractivity contribution >= 4 is 17.8 Å². The molecular weight excluding hydrogens is 334 g/mol. The van der Waals surface area contributed by atoms with Gasteiger partial charge in [0, 0.05) is 11.6 Å². The van der Waals surface area contributed by atoms with E-state index in [4.69, 9.17) is 19.5 Å². The molecule has 0 aromatic heterocycles. The monoisotopic (exact) mass is 351 g/mol. The van der Waals surface area contributed by atoms with Crippen molar-refractivity contribution in [2.24, 2.45) is 0 Å². The van der Waals surface area contributed by atoms with Gasteiger partial charge in [0.25, 0.3) is 0 Å². The predicted molar refractivity (Wildman–Crippen MR) is 94.9 cm³/mol. The second-order valence-electron chi connectivity index (χ2n) is 5.09. The molecule has 0 atom stereocenters. The Labute approximate surface area is 151 Å². The fourth-order valence-electron chi connectivity index (χ4n) is 2.07. The van der Waals surface area contributed by atoms with E-state index in [0.717, 1.165) is 0 Å². The fourth-order valence-corrected chi connectivity index (χ4v) is 2.07. The van der Waals surface area contributed by atoms with Crippen LogP contribution >= 0.6 is 0 Å². The van der Waals surface area contributed by atoms with Gasteiger partial charge in [0.1, 0.15) is 6.07 Å². The molecule has 0 fully saturated rings. The Morgan fingerprint density at radius 1 is 1.12 bits per heavy atom. The summed E-state index contributed by atoms with van der Waals surface area (Å²) >= 11 is 0. The summed E-state index contributed by atoms with van der Waals surface area (Å²) in [7, 11) is 1.48. The maximum Gasteiger partial charge on any atom is 0.331 e. The van der Waals surface area contributed by atoms with Gasteiger partial charge < -0.3 is 14.2 Å². The van der Waals surface area contributed by atoms with Crippen LogP contribution in [0.4, 0.5) is 0 Å². The zero-order valence-corrected chi connectivity index (χ0v) is 14.2. The first kappa shape index (κ1) is 18.7. The molecule has 26 heavy (non-hydrogen) atoms. The number of hydrogen-bond acceptors (Lipinski definition) is 6. The molecule has 0 aliphatic rings. The van der Waals surface area contributed by atoms with Crippen LogP contribution in [0.2, 0.25) is 0 Å². The van der Waals surface area contributed by atoms with Crippen molar-refractivity contribution in [3.05, 3.63) is 65.7 Å². The lowest BCUT2D eigenvalue weighted by Crippen LogP contribution is -2.12. The summed E-state index contributed by atoms with van der Waals surface area (Å²) in [5, 5.41) is 8.55. The van der Waals surface area contributed by atoms with Gasteiger partial charge in [0.2, 0.25) is 0 Å². The predicted octanol–water partition coefficient (Wildman–Crippen LogP) is 3.04. The second kappa shape index (κ2) is 9.64. The van der Waals surface area contributed by atoms with Gasteiger partial charge >= 0.3 is 5.97 Å². The molecule has 0 saturated heterocycles. The Kier molecular flexibility index (Phi) is 6.95. The van der Waals surface area contributed by atoms with Gasteiger partial charge in [-0.05, 0) is 23.8 Å². The van der Waals surface area contributed by atoms with Gasteiger partial charge in [-0.25, -0.2) is 4.79 Å². The molecule has 2 aromatic rings. The third-order valence-electron chi connectivity index (χ3n) is 3.33. The highest BCUT2D eigenvalue weighted by Crippen LogP contribution is 2.28. The number of benzene rings is 2. The molecule has 132 valence electrons. The average molecular weight is 351 g/mol. The number of esters is 1. The van der Waals surface area contributed by atoms with E-state index in [9.17, 15) is 9.59 Å². The molecule has 0 aliphatic carbocycles. The largest absolute Gasteiger partial charge is 0.493 e. The van der Waals surface area contributed by atoms with Gasteiger partial charge in [-0.3, -0.25) is 4.79 Å². The number of ketones is 1. The van der Waals surface area contributed by atoms with Crippen LogP contribution in [0.1, 0.15) is 15.9 Å². The second-order valence-corrected chi connectivity index (χ2v) is 5.09. The van der Waals surface area contributed by atoms with Gasteiger partial charge in [-0.2, -0.15) is 5.26 Å². The highest BCUT2D eigenvalue weighted by Gasteiger charge is 2.08. The van der Waals surface area contributed by atoms with Crippen LogP contribution in [-0.4, -0.2) is 32.1 Å². The zero-order valence-electron chi connectivity index (χ0n) is 14.2. The minimum absolute atomic E-state index is 0.0900. The molecular formula is C20H17NO5. The van der Waals surface area contributed by atoms with Crippen molar-refractivity contribution in [3.8, 4) is 17.6 Å². The zero-order chi connectivity index (χ0) is 18.8. The Balaban J connectivity index is 1.93. The minimum atomic E-state index is -0.627. The molecule has 0 radical (unpaired) electrons. The van der Waals surface area contributed by atoms with Crippen molar-refractivity contribution < 1.29 is 23.8 Å². The lowest BCUT2D eigenvalue weighted by Gasteiger charge is -2.08. The van der Waals surface area contributed by atoms with E-state index in [0.29, 0.717) is 22.6 Å². The maximum absolute atomic E-state index is 11.9. The van der Waals surface area contributed by atoms with Gasteiger partial charge in [-0.15, -0.1) is 0 Å². The lowest BCUT2D eigenvalue weighted by atomic mass is 10.1. The van der Waals surface area contributed by atoms with Crippen LogP contribution in [0.15, 0.2) is 54.6 Å². The number of methoxy groups -OCH3 is 1. The molecule has 6 heteroatoms. The Bertz CT molecular complexity index is 837. The smallest absolute Gasteiger partial charge is 0.331 e. The van der Waals surface area contributed by atoms with E-state index in [1.165, 1.54) is 19.3 Å². The molecule has 0 N–H and O–H groups in total. The number of ether oxygens (including phenoxy) is 3. The molecule has 0 saturated carbocycles. The Hall–Kier alpha value is -3.59. The highest BCUT2D eigenvalue weighted by molar-refractivity contribution is 5.98. The van der Waals surface area contributed by atoms with Crippen LogP contribution in [0, 0.1) is 11.3 Å². The number of rotatable bonds is 8. The summed E-state index contributed by atoms with van der Waals surface area (Å²) in [5.74, 6) is -0.0247. The third-order valence-corrected chi connectivity index (χ3v) is 3.33. The topological polar surface area (TPSA) is 85.6 Å². The number of carbonyl (C=O) groups is 2. The molecule has 2 rings (SSSR count). The standard InChI is InChI=1S/C20H17NO5/c1-24-19-13-15(7-9-18(19)25-12-11-21)8-10-20(23)26-14-17(22)16-5-3-2-4-6-16/h2-10,13H,12,14H2,1H3. The van der Waals surface area contributed by atoms with E-state index in [-0.39, 0.29) is 19.0 Å². The van der Waals surface area contributed by atoms with Crippen LogP contribution in [-0.2, 0) is 9.53 Å². The highest BCUT2D eigenvalue weighted by atomic mass is 16.5. The fraction of sp³-hybridized carbons (Fsp3) is 0.150. The summed E-state index contributed by atoms with van der Waals surface area (Å²) < 4.78 is 15.4. The first-order valence-corrected chi connectivity index (χ1v) is 7.75. The van der Waals surface area contributed by atoms with E-state index in [1.807, 2.05) is 6.07 Å². The molecule has 0 heterocycles. The summed E-state index contributed by atoms with van der Waals surface area (Å²) in [6.07, 6.45) is 2.76. The lowest BCUT2D eigenvalue weighted by molar-refractivity contribution is -0.136. The van der Waals surface area contributed by atoms with Crippen molar-refractivity contribution in [3.63, 3.8) is 0 Å². The van der Waals surface area contributed by atoms with E-state index in [1.54, 1.807) is 48.5 Å². The number of nitriles is 1. The number of Topliss-reactive ketones (excluding diaryl/α,β-unsaturated/α-hetero) is 1. The van der Waals surface area contributed by atoms with Gasteiger partial charge in [-0.1, -0.05) is 36.4 Å². The summed E-state index contributed by atoms with van der Waals surface area (Å²) in [6.45, 7) is -0.412. The van der Waals surface area contributed by atoms with Gasteiger partial charge in [0.05, 0.1) is 7.11 Å². The van der Waals surface area contributed by atoms with Crippen molar-refractivity contribution in [1.82, 2.24) is 0 Å². The SMILES string of the molecule is COc1cc(C=CC(=O)OCC(=O)c2ccccc2)ccc1OCC#N. The van der Waals surface area contributed by atoms with E-state index in [2.05, 4.69) is 0 Å². The van der Waals surface area contributed by atoms with E-state index >= 15 is 0 Å². The summed E-state index contributed by atoms with van der Waals surface area (Å²) in [6, 6.07) is 15.5. The average Bonchev–Trinajstić information content (AvgIpc) is 2.69. The molecule has 0 amide bonds. The molecule has 0 aliphatic heterocycles. The first-order valence-electron chi connectivity index (χ1n) is 7.75. The third kappa shape index (κ3) is 5.49. The maximum atomic E-state index is 11.9. The van der Waals surface area contributed by atoms with Crippen LogP contribution < -0.4 is 9.47 Å². The first-order chi connectivity index (χ1) is 12.6. The van der Waals surface area contributed by atoms with Gasteiger partial charge in [0.15, 0.2) is 30.5 Å². The van der Waals surface area contributed by atoms with Crippen LogP contribution in [0.3, 0.4) is 0 Å². The van der Waals surface area contributed by atoms with Crippen molar-refractivity contribution in [1.29, 1.82) is 5.26 Å². The molecule has 2 aromatic carbocycles. The number of carbonyl (C=O) groups excluding carboxylic acids is 2. The van der Waals surface area contributed by atoms with Crippen LogP contribution in [0.5, 0.6) is 11.5 Å². The Morgan fingerprint density at radius 3 is 2.58 bits per heavy atom. The Morgan fingerprint density at radius 2 is 1.88 bits per heavy atom. The number of hydrogen-bond donors (Lipinski definition) is 0. The van der Waals surface area contributed by atoms with Crippen molar-refractivity contribution in [2.45, 2.75) is 0 Å². The molecule has 0 bridgehead atoms. The summed E-state index contributed by atoms with van der Waals surface area (Å²) in [5.41, 5.74) is 1.17. The molecule has 0 unspecified atom stereocenters. The van der Waals surface area contributed by atoms with Crippen molar-refractivity contribution in [2.75, 3.05) is 20.3 Å². The van der Waals surface area contributed by atoms with Crippen LogP contribution in [0.25, 0.3) is 6.08 Å². The van der Waals surface area contributed by atoms with E-state index < -0.39 is 5.97 Å². The number of nitrogens with zero attached hydrogens (tertiary/aromatic N) is 1.